The van der Waals surface area contributed by atoms with Crippen molar-refractivity contribution in [1.82, 2.24) is 10.3 Å². The van der Waals surface area contributed by atoms with Gasteiger partial charge in [0.15, 0.2) is 6.10 Å². The molecule has 26 heavy (non-hydrogen) atoms. The van der Waals surface area contributed by atoms with E-state index in [-0.39, 0.29) is 5.91 Å². The van der Waals surface area contributed by atoms with Crippen molar-refractivity contribution in [1.29, 1.82) is 0 Å². The average molecular weight is 353 g/mol. The van der Waals surface area contributed by atoms with Gasteiger partial charge in [0.05, 0.1) is 17.3 Å². The molecule has 0 aliphatic heterocycles. The highest BCUT2D eigenvalue weighted by molar-refractivity contribution is 5.87. The summed E-state index contributed by atoms with van der Waals surface area (Å²) in [5, 5.41) is 15.3. The van der Waals surface area contributed by atoms with E-state index in [4.69, 9.17) is 16.4 Å². The summed E-state index contributed by atoms with van der Waals surface area (Å²) in [6, 6.07) is 5.54. The molecule has 0 radical (unpaired) electrons. The van der Waals surface area contributed by atoms with Gasteiger partial charge in [-0.05, 0) is 51.0 Å². The predicted octanol–water partition coefficient (Wildman–Crippen LogP) is 3.04. The van der Waals surface area contributed by atoms with Crippen LogP contribution in [0.5, 0.6) is 5.75 Å². The number of terminal acetylenes is 1. The Morgan fingerprint density at radius 1 is 1.50 bits per heavy atom. The number of nitrogens with zero attached hydrogens (tertiary/aromatic N) is 2. The molecule has 2 N–H and O–H groups in total. The molecule has 0 saturated heterocycles. The van der Waals surface area contributed by atoms with E-state index in [1.165, 1.54) is 6.21 Å². The van der Waals surface area contributed by atoms with Gasteiger partial charge in [0.25, 0.3) is 5.91 Å². The van der Waals surface area contributed by atoms with Crippen molar-refractivity contribution in [3.05, 3.63) is 35.5 Å². The minimum absolute atomic E-state index is 0.286. The van der Waals surface area contributed by atoms with Crippen LogP contribution in [0.3, 0.4) is 0 Å². The van der Waals surface area contributed by atoms with Gasteiger partial charge >= 0.3 is 0 Å². The van der Waals surface area contributed by atoms with Gasteiger partial charge in [-0.2, -0.15) is 0 Å². The standard InChI is InChI=1S/C20H23N3O3/c1-6-14-9-15-10-16(8-13(3)18(15)21-11-14)26-17(7-2)19(24)23-20(4,5)12-22-25/h1,8-12,17,25H,7H2,2-5H3,(H,23,24). The Bertz CT molecular complexity index is 882. The van der Waals surface area contributed by atoms with Crippen LogP contribution in [0.4, 0.5) is 0 Å². The second kappa shape index (κ2) is 7.87. The van der Waals surface area contributed by atoms with Crippen LogP contribution in [0.1, 0.15) is 38.3 Å². The lowest BCUT2D eigenvalue weighted by atomic mass is 10.1. The van der Waals surface area contributed by atoms with E-state index < -0.39 is 11.6 Å². The number of hydrogen-bond donors (Lipinski definition) is 2. The van der Waals surface area contributed by atoms with Crippen LogP contribution in [0, 0.1) is 19.3 Å². The van der Waals surface area contributed by atoms with Crippen molar-refractivity contribution >= 4 is 23.0 Å². The highest BCUT2D eigenvalue weighted by Crippen LogP contribution is 2.25. The zero-order valence-electron chi connectivity index (χ0n) is 15.4. The molecule has 0 aliphatic rings. The van der Waals surface area contributed by atoms with Crippen molar-refractivity contribution in [3.63, 3.8) is 0 Å². The molecule has 0 fully saturated rings. The van der Waals surface area contributed by atoms with Gasteiger partial charge in [-0.15, -0.1) is 6.42 Å². The number of benzene rings is 1. The Morgan fingerprint density at radius 2 is 2.23 bits per heavy atom. The van der Waals surface area contributed by atoms with Crippen LogP contribution in [0.25, 0.3) is 10.9 Å². The van der Waals surface area contributed by atoms with Crippen LogP contribution in [0.15, 0.2) is 29.6 Å². The Morgan fingerprint density at radius 3 is 2.85 bits per heavy atom. The molecule has 1 amide bonds. The normalized spacial score (nSPS) is 12.7. The number of rotatable bonds is 6. The number of nitrogens with one attached hydrogen (secondary N) is 1. The fraction of sp³-hybridized carbons (Fsp3) is 0.350. The average Bonchev–Trinajstić information content (AvgIpc) is 2.58. The van der Waals surface area contributed by atoms with E-state index in [1.54, 1.807) is 20.0 Å². The van der Waals surface area contributed by atoms with Crippen LogP contribution < -0.4 is 10.1 Å². The molecule has 0 spiro atoms. The molecule has 1 aromatic heterocycles. The lowest BCUT2D eigenvalue weighted by molar-refractivity contribution is -0.129. The first kappa shape index (κ1) is 19.3. The summed E-state index contributed by atoms with van der Waals surface area (Å²) < 4.78 is 5.91. The molecule has 2 aromatic rings. The number of aromatic nitrogens is 1. The largest absolute Gasteiger partial charge is 0.481 e. The van der Waals surface area contributed by atoms with Crippen LogP contribution >= 0.6 is 0 Å². The SMILES string of the molecule is C#Cc1cnc2c(C)cc(OC(CC)C(=O)NC(C)(C)C=NO)cc2c1. The molecule has 6 nitrogen and oxygen atoms in total. The topological polar surface area (TPSA) is 83.8 Å². The predicted molar refractivity (Wildman–Crippen MR) is 102 cm³/mol. The number of amides is 1. The highest BCUT2D eigenvalue weighted by Gasteiger charge is 2.25. The summed E-state index contributed by atoms with van der Waals surface area (Å²) >= 11 is 0. The first-order valence-electron chi connectivity index (χ1n) is 8.34. The van der Waals surface area contributed by atoms with Crippen LogP contribution in [0.2, 0.25) is 0 Å². The third-order valence-corrected chi connectivity index (χ3v) is 3.88. The van der Waals surface area contributed by atoms with E-state index in [1.807, 2.05) is 32.0 Å². The third-order valence-electron chi connectivity index (χ3n) is 3.88. The lowest BCUT2D eigenvalue weighted by Gasteiger charge is -2.25. The quantitative estimate of drug-likeness (QED) is 0.362. The second-order valence-corrected chi connectivity index (χ2v) is 6.65. The van der Waals surface area contributed by atoms with Gasteiger partial charge in [0, 0.05) is 17.1 Å². The number of fused-ring (bicyclic) bond motifs is 1. The molecule has 1 atom stereocenters. The Labute approximate surface area is 153 Å². The van der Waals surface area contributed by atoms with E-state index in [0.717, 1.165) is 16.5 Å². The summed E-state index contributed by atoms with van der Waals surface area (Å²) in [5.74, 6) is 2.85. The highest BCUT2D eigenvalue weighted by atomic mass is 16.5. The summed E-state index contributed by atoms with van der Waals surface area (Å²) in [5.41, 5.74) is 1.68. The van der Waals surface area contributed by atoms with Gasteiger partial charge in [0.2, 0.25) is 0 Å². The molecule has 1 unspecified atom stereocenters. The molecule has 0 aliphatic carbocycles. The van der Waals surface area contributed by atoms with E-state index in [0.29, 0.717) is 17.7 Å². The zero-order chi connectivity index (χ0) is 19.3. The van der Waals surface area contributed by atoms with Gasteiger partial charge < -0.3 is 15.3 Å². The van der Waals surface area contributed by atoms with Crippen LogP contribution in [-0.4, -0.2) is 34.0 Å². The molecular formula is C20H23N3O3. The maximum atomic E-state index is 12.5. The number of aryl methyl sites for hydroxylation is 1. The van der Waals surface area contributed by atoms with Gasteiger partial charge in [0.1, 0.15) is 5.75 Å². The van der Waals surface area contributed by atoms with Gasteiger partial charge in [-0.1, -0.05) is 18.0 Å². The number of hydrogen-bond acceptors (Lipinski definition) is 5. The molecule has 6 heteroatoms. The number of carbonyl (C=O) groups is 1. The number of carbonyl (C=O) groups excluding carboxylic acids is 1. The van der Waals surface area contributed by atoms with Gasteiger partial charge in [-0.25, -0.2) is 0 Å². The molecule has 2 rings (SSSR count). The van der Waals surface area contributed by atoms with Crippen molar-refractivity contribution in [2.45, 2.75) is 45.8 Å². The molecule has 136 valence electrons. The number of oxime groups is 1. The zero-order valence-corrected chi connectivity index (χ0v) is 15.4. The maximum absolute atomic E-state index is 12.5. The monoisotopic (exact) mass is 353 g/mol. The molecular weight excluding hydrogens is 330 g/mol. The third kappa shape index (κ3) is 4.51. The van der Waals surface area contributed by atoms with Crippen molar-refractivity contribution in [3.8, 4) is 18.1 Å². The summed E-state index contributed by atoms with van der Waals surface area (Å²) in [4.78, 5) is 16.9. The minimum Gasteiger partial charge on any atom is -0.481 e. The summed E-state index contributed by atoms with van der Waals surface area (Å²) in [7, 11) is 0. The lowest BCUT2D eigenvalue weighted by Crippen LogP contribution is -2.50. The first-order valence-corrected chi connectivity index (χ1v) is 8.34. The first-order chi connectivity index (χ1) is 12.3. The fourth-order valence-corrected chi connectivity index (χ4v) is 2.61. The van der Waals surface area contributed by atoms with Gasteiger partial charge in [-0.3, -0.25) is 9.78 Å². The summed E-state index contributed by atoms with van der Waals surface area (Å²) in [6.07, 6.45) is 8.16. The molecule has 0 saturated carbocycles. The Balaban J connectivity index is 2.27. The second-order valence-electron chi connectivity index (χ2n) is 6.65. The van der Waals surface area contributed by atoms with E-state index >= 15 is 0 Å². The molecule has 0 bridgehead atoms. The maximum Gasteiger partial charge on any atom is 0.261 e. The number of pyridine rings is 1. The number of ether oxygens (including phenoxy) is 1. The van der Waals surface area contributed by atoms with Crippen LogP contribution in [-0.2, 0) is 4.79 Å². The van der Waals surface area contributed by atoms with E-state index in [2.05, 4.69) is 21.4 Å². The Kier molecular flexibility index (Phi) is 5.83. The van der Waals surface area contributed by atoms with Crippen molar-refractivity contribution < 1.29 is 14.7 Å². The minimum atomic E-state index is -0.784. The van der Waals surface area contributed by atoms with E-state index in [9.17, 15) is 4.79 Å². The summed E-state index contributed by atoms with van der Waals surface area (Å²) in [6.45, 7) is 7.25. The smallest absolute Gasteiger partial charge is 0.261 e. The molecule has 1 aromatic carbocycles. The molecule has 1 heterocycles. The van der Waals surface area contributed by atoms with Crippen molar-refractivity contribution in [2.75, 3.05) is 0 Å². The fourth-order valence-electron chi connectivity index (χ4n) is 2.61. The Hall–Kier alpha value is -3.07. The van der Waals surface area contributed by atoms with Crippen molar-refractivity contribution in [2.24, 2.45) is 5.16 Å².